The second-order valence-corrected chi connectivity index (χ2v) is 6.09. The van der Waals surface area contributed by atoms with Gasteiger partial charge in [-0.25, -0.2) is 14.8 Å². The molecule has 2 heterocycles. The van der Waals surface area contributed by atoms with Gasteiger partial charge < -0.3 is 15.3 Å². The van der Waals surface area contributed by atoms with Crippen molar-refractivity contribution in [2.45, 2.75) is 25.9 Å². The van der Waals surface area contributed by atoms with E-state index in [1.54, 1.807) is 17.3 Å². The number of nitrogens with zero attached hydrogens (tertiary/aromatic N) is 3. The van der Waals surface area contributed by atoms with Crippen molar-refractivity contribution >= 4 is 11.7 Å². The van der Waals surface area contributed by atoms with Crippen molar-refractivity contribution in [3.63, 3.8) is 0 Å². The zero-order chi connectivity index (χ0) is 16.9. The van der Waals surface area contributed by atoms with E-state index in [0.29, 0.717) is 18.8 Å². The number of benzene rings is 1. The van der Waals surface area contributed by atoms with Crippen LogP contribution in [0.25, 0.3) is 0 Å². The lowest BCUT2D eigenvalue weighted by atomic mass is 9.97. The molecule has 0 bridgehead atoms. The highest BCUT2D eigenvalue weighted by molar-refractivity contribution is 5.89. The molecule has 6 heteroatoms. The van der Waals surface area contributed by atoms with Crippen LogP contribution in [0.4, 0.5) is 10.5 Å². The van der Waals surface area contributed by atoms with Crippen molar-refractivity contribution in [3.8, 4) is 0 Å². The topological polar surface area (TPSA) is 78.4 Å². The van der Waals surface area contributed by atoms with Crippen LogP contribution in [0.5, 0.6) is 0 Å². The molecule has 2 atom stereocenters. The number of rotatable bonds is 4. The van der Waals surface area contributed by atoms with Crippen LogP contribution >= 0.6 is 0 Å². The molecule has 1 fully saturated rings. The first-order valence-electron chi connectivity index (χ1n) is 8.24. The maximum Gasteiger partial charge on any atom is 0.322 e. The highest BCUT2D eigenvalue weighted by Crippen LogP contribution is 2.22. The highest BCUT2D eigenvalue weighted by Gasteiger charge is 2.34. The molecule has 1 aromatic heterocycles. The van der Waals surface area contributed by atoms with Crippen molar-refractivity contribution in [3.05, 3.63) is 54.1 Å². The third kappa shape index (κ3) is 3.89. The molecule has 0 aliphatic carbocycles. The number of hydrogen-bond donors (Lipinski definition) is 2. The van der Waals surface area contributed by atoms with Gasteiger partial charge in [-0.15, -0.1) is 0 Å². The van der Waals surface area contributed by atoms with E-state index in [0.717, 1.165) is 18.7 Å². The van der Waals surface area contributed by atoms with E-state index in [1.165, 1.54) is 5.56 Å². The second-order valence-electron chi connectivity index (χ2n) is 6.09. The number of carbonyl (C=O) groups excluding carboxylic acids is 1. The van der Waals surface area contributed by atoms with Gasteiger partial charge in [0.1, 0.15) is 5.82 Å². The van der Waals surface area contributed by atoms with Crippen molar-refractivity contribution in [1.82, 2.24) is 14.9 Å². The monoisotopic (exact) mass is 326 g/mol. The van der Waals surface area contributed by atoms with Crippen LogP contribution in [0.1, 0.15) is 18.3 Å². The SMILES string of the molecule is CCc1ncc(NC(=O)N2C[C@@H](Cc3ccccc3)[C@H](O)C2)cn1. The Balaban J connectivity index is 1.58. The summed E-state index contributed by atoms with van der Waals surface area (Å²) in [5, 5.41) is 13.0. The van der Waals surface area contributed by atoms with Gasteiger partial charge in [0.05, 0.1) is 24.2 Å². The molecule has 2 aromatic rings. The highest BCUT2D eigenvalue weighted by atomic mass is 16.3. The Morgan fingerprint density at radius 3 is 2.62 bits per heavy atom. The third-order valence-corrected chi connectivity index (χ3v) is 4.31. The minimum atomic E-state index is -0.505. The van der Waals surface area contributed by atoms with Crippen molar-refractivity contribution in [1.29, 1.82) is 0 Å². The summed E-state index contributed by atoms with van der Waals surface area (Å²) >= 11 is 0. The van der Waals surface area contributed by atoms with Gasteiger partial charge >= 0.3 is 6.03 Å². The van der Waals surface area contributed by atoms with Gasteiger partial charge in [0, 0.05) is 25.4 Å². The summed E-state index contributed by atoms with van der Waals surface area (Å²) in [6.07, 6.45) is 4.23. The third-order valence-electron chi connectivity index (χ3n) is 4.31. The van der Waals surface area contributed by atoms with Crippen LogP contribution < -0.4 is 5.32 Å². The normalized spacial score (nSPS) is 20.2. The van der Waals surface area contributed by atoms with Crippen molar-refractivity contribution in [2.24, 2.45) is 5.92 Å². The number of anilines is 1. The standard InChI is InChI=1S/C18H22N4O2/c1-2-17-19-9-15(10-20-17)21-18(24)22-11-14(16(23)12-22)8-13-6-4-3-5-7-13/h3-7,9-10,14,16,23H,2,8,11-12H2,1H3,(H,21,24)/t14-,16-/m1/s1. The summed E-state index contributed by atoms with van der Waals surface area (Å²) in [6, 6.07) is 9.81. The van der Waals surface area contributed by atoms with E-state index in [4.69, 9.17) is 0 Å². The average Bonchev–Trinajstić information content (AvgIpc) is 2.97. The predicted molar refractivity (Wildman–Crippen MR) is 91.6 cm³/mol. The maximum absolute atomic E-state index is 12.4. The predicted octanol–water partition coefficient (Wildman–Crippen LogP) is 2.11. The van der Waals surface area contributed by atoms with Gasteiger partial charge in [-0.1, -0.05) is 37.3 Å². The summed E-state index contributed by atoms with van der Waals surface area (Å²) < 4.78 is 0. The first-order valence-corrected chi connectivity index (χ1v) is 8.24. The minimum Gasteiger partial charge on any atom is -0.391 e. The minimum absolute atomic E-state index is 0.0527. The molecule has 1 aromatic carbocycles. The van der Waals surface area contributed by atoms with E-state index in [2.05, 4.69) is 15.3 Å². The number of nitrogens with one attached hydrogen (secondary N) is 1. The molecular formula is C18H22N4O2. The van der Waals surface area contributed by atoms with E-state index < -0.39 is 6.10 Å². The first kappa shape index (κ1) is 16.4. The molecule has 1 aliphatic heterocycles. The number of carbonyl (C=O) groups is 1. The molecule has 1 saturated heterocycles. The van der Waals surface area contributed by atoms with Crippen LogP contribution in [-0.4, -0.2) is 45.2 Å². The van der Waals surface area contributed by atoms with Gasteiger partial charge in [-0.05, 0) is 12.0 Å². The Labute approximate surface area is 141 Å². The molecule has 3 rings (SSSR count). The van der Waals surface area contributed by atoms with Crippen molar-refractivity contribution < 1.29 is 9.90 Å². The van der Waals surface area contributed by atoms with Gasteiger partial charge in [0.15, 0.2) is 0 Å². The van der Waals surface area contributed by atoms with Gasteiger partial charge in [0.2, 0.25) is 0 Å². The van der Waals surface area contributed by atoms with E-state index in [-0.39, 0.29) is 11.9 Å². The fourth-order valence-corrected chi connectivity index (χ4v) is 2.94. The Hall–Kier alpha value is -2.47. The van der Waals surface area contributed by atoms with Crippen molar-refractivity contribution in [2.75, 3.05) is 18.4 Å². The Bertz CT molecular complexity index is 675. The second kappa shape index (κ2) is 7.40. The fourth-order valence-electron chi connectivity index (χ4n) is 2.94. The Kier molecular flexibility index (Phi) is 5.05. The van der Waals surface area contributed by atoms with Crippen LogP contribution in [-0.2, 0) is 12.8 Å². The molecular weight excluding hydrogens is 304 g/mol. The number of likely N-dealkylation sites (tertiary alicyclic amines) is 1. The summed E-state index contributed by atoms with van der Waals surface area (Å²) in [5.41, 5.74) is 1.74. The molecule has 2 amide bonds. The lowest BCUT2D eigenvalue weighted by Gasteiger charge is -2.17. The average molecular weight is 326 g/mol. The zero-order valence-electron chi connectivity index (χ0n) is 13.7. The molecule has 0 radical (unpaired) electrons. The smallest absolute Gasteiger partial charge is 0.322 e. The van der Waals surface area contributed by atoms with E-state index in [1.807, 2.05) is 37.3 Å². The summed E-state index contributed by atoms with van der Waals surface area (Å²) in [4.78, 5) is 22.3. The molecule has 126 valence electrons. The fraction of sp³-hybridized carbons (Fsp3) is 0.389. The maximum atomic E-state index is 12.4. The quantitative estimate of drug-likeness (QED) is 0.902. The molecule has 6 nitrogen and oxygen atoms in total. The number of β-amino-alcohol motifs (C(OH)–C–C–N with tert-alkyl or cyclic N) is 1. The summed E-state index contributed by atoms with van der Waals surface area (Å²) in [5.74, 6) is 0.796. The number of aromatic nitrogens is 2. The van der Waals surface area contributed by atoms with Gasteiger partial charge in [-0.3, -0.25) is 0 Å². The first-order chi connectivity index (χ1) is 11.7. The summed E-state index contributed by atoms with van der Waals surface area (Å²) in [6.45, 7) is 2.86. The van der Waals surface area contributed by atoms with E-state index >= 15 is 0 Å². The van der Waals surface area contributed by atoms with Crippen LogP contribution in [0.3, 0.4) is 0 Å². The number of aliphatic hydroxyl groups is 1. The Morgan fingerprint density at radius 1 is 1.25 bits per heavy atom. The number of hydrogen-bond acceptors (Lipinski definition) is 4. The molecule has 24 heavy (non-hydrogen) atoms. The largest absolute Gasteiger partial charge is 0.391 e. The van der Waals surface area contributed by atoms with Crippen LogP contribution in [0.2, 0.25) is 0 Å². The lowest BCUT2D eigenvalue weighted by Crippen LogP contribution is -2.33. The molecule has 2 N–H and O–H groups in total. The Morgan fingerprint density at radius 2 is 1.96 bits per heavy atom. The van der Waals surface area contributed by atoms with Gasteiger partial charge in [-0.2, -0.15) is 0 Å². The number of amides is 2. The molecule has 0 saturated carbocycles. The molecule has 0 unspecified atom stereocenters. The lowest BCUT2D eigenvalue weighted by molar-refractivity contribution is 0.143. The van der Waals surface area contributed by atoms with Gasteiger partial charge in [0.25, 0.3) is 0 Å². The van der Waals surface area contributed by atoms with E-state index in [9.17, 15) is 9.90 Å². The molecule has 0 spiro atoms. The number of aliphatic hydroxyl groups excluding tert-OH is 1. The van der Waals surface area contributed by atoms with Crippen LogP contribution in [0.15, 0.2) is 42.7 Å². The van der Waals surface area contributed by atoms with Crippen LogP contribution in [0, 0.1) is 5.92 Å². The number of aryl methyl sites for hydroxylation is 1. The molecule has 1 aliphatic rings. The number of urea groups is 1. The zero-order valence-corrected chi connectivity index (χ0v) is 13.7. The summed E-state index contributed by atoms with van der Waals surface area (Å²) in [7, 11) is 0.